The molecule has 0 radical (unpaired) electrons. The van der Waals surface area contributed by atoms with Gasteiger partial charge < -0.3 is 30.6 Å². The van der Waals surface area contributed by atoms with Gasteiger partial charge in [-0.25, -0.2) is 9.97 Å². The number of H-pyrrole nitrogens is 1. The second kappa shape index (κ2) is 10.7. The third-order valence-electron chi connectivity index (χ3n) is 6.65. The van der Waals surface area contributed by atoms with Crippen LogP contribution in [0.3, 0.4) is 0 Å². The lowest BCUT2D eigenvalue weighted by Crippen LogP contribution is -2.44. The van der Waals surface area contributed by atoms with Crippen LogP contribution in [0.25, 0.3) is 0 Å². The Morgan fingerprint density at radius 3 is 2.91 bits per heavy atom. The molecule has 2 aromatic rings. The van der Waals surface area contributed by atoms with E-state index in [1.54, 1.807) is 6.33 Å². The van der Waals surface area contributed by atoms with Gasteiger partial charge in [0.2, 0.25) is 0 Å². The zero-order valence-electron chi connectivity index (χ0n) is 19.7. The predicted molar refractivity (Wildman–Crippen MR) is 132 cm³/mol. The molecule has 4 rings (SSSR count). The molecular weight excluding hydrogens is 472 g/mol. The van der Waals surface area contributed by atoms with Crippen LogP contribution < -0.4 is 15.8 Å². The molecule has 11 heteroatoms. The number of carbonyl (C=O) groups is 1. The minimum atomic E-state index is -0.279. The summed E-state index contributed by atoms with van der Waals surface area (Å²) in [6, 6.07) is 1.43. The normalized spacial score (nSPS) is 20.2. The second-order valence-corrected chi connectivity index (χ2v) is 9.53. The van der Waals surface area contributed by atoms with E-state index in [1.165, 1.54) is 12.3 Å². The first-order valence-corrected chi connectivity index (χ1v) is 11.9. The van der Waals surface area contributed by atoms with E-state index in [-0.39, 0.29) is 40.8 Å². The van der Waals surface area contributed by atoms with Crippen molar-refractivity contribution in [3.05, 3.63) is 59.0 Å². The Kier molecular flexibility index (Phi) is 7.63. The molecule has 0 aromatic carbocycles. The molecule has 1 unspecified atom stereocenters. The Bertz CT molecular complexity index is 1110. The predicted octanol–water partition coefficient (Wildman–Crippen LogP) is 2.82. The maximum atomic E-state index is 12.9. The van der Waals surface area contributed by atoms with Crippen molar-refractivity contribution in [1.29, 1.82) is 0 Å². The molecule has 1 atom stereocenters. The standard InChI is InChI=1S/C24H31ClN6O4/c1-15(25)18(11-32)12-34-21-7-17(9-27-22(21)26)23(33)30-19-8-24(35-13-19)3-5-31(6-4-24)10-20-16(2)28-14-29-20/h7,9,11,14,19,32H,1,3-6,8,10,12-13H2,2H3,(H2,26,27)(H,28,29)(H,30,33)/b18-11+. The number of nitrogens with two attached hydrogens (primary N) is 1. The monoisotopic (exact) mass is 502 g/mol. The van der Waals surface area contributed by atoms with Crippen molar-refractivity contribution >= 4 is 23.3 Å². The SMILES string of the molecule is C=C(Cl)/C(=C/O)COc1cc(C(=O)NC2COC3(CCN(Cc4nc[nH]c4C)CC3)C2)cnc1N. The van der Waals surface area contributed by atoms with Crippen LogP contribution in [0, 0.1) is 6.92 Å². The Labute approximate surface area is 209 Å². The van der Waals surface area contributed by atoms with Gasteiger partial charge in [-0.15, -0.1) is 0 Å². The van der Waals surface area contributed by atoms with Crippen molar-refractivity contribution in [2.45, 2.75) is 44.4 Å². The number of aryl methyl sites for hydroxylation is 1. The Morgan fingerprint density at radius 1 is 1.49 bits per heavy atom. The van der Waals surface area contributed by atoms with Crippen molar-refractivity contribution in [2.75, 3.05) is 32.0 Å². The van der Waals surface area contributed by atoms with Crippen molar-refractivity contribution < 1.29 is 19.4 Å². The van der Waals surface area contributed by atoms with E-state index in [0.29, 0.717) is 17.7 Å². The lowest BCUT2D eigenvalue weighted by atomic mass is 9.87. The summed E-state index contributed by atoms with van der Waals surface area (Å²) in [4.78, 5) is 26.9. The highest BCUT2D eigenvalue weighted by molar-refractivity contribution is 6.31. The summed E-state index contributed by atoms with van der Waals surface area (Å²) in [5.74, 6) is 0.0617. The van der Waals surface area contributed by atoms with E-state index in [2.05, 4.69) is 31.7 Å². The smallest absolute Gasteiger partial charge is 0.253 e. The Morgan fingerprint density at radius 2 is 2.26 bits per heavy atom. The van der Waals surface area contributed by atoms with Gasteiger partial charge in [-0.1, -0.05) is 18.2 Å². The van der Waals surface area contributed by atoms with Crippen LogP contribution in [0.5, 0.6) is 5.75 Å². The number of aliphatic hydroxyl groups is 1. The molecule has 35 heavy (non-hydrogen) atoms. The van der Waals surface area contributed by atoms with Crippen LogP contribution in [0.2, 0.25) is 0 Å². The molecule has 2 aliphatic heterocycles. The molecular formula is C24H31ClN6O4. The highest BCUT2D eigenvalue weighted by Gasteiger charge is 2.43. The second-order valence-electron chi connectivity index (χ2n) is 9.07. The average Bonchev–Trinajstić information content (AvgIpc) is 3.42. The number of aromatic nitrogens is 3. The summed E-state index contributed by atoms with van der Waals surface area (Å²) in [5.41, 5.74) is 8.46. The quantitative estimate of drug-likeness (QED) is 0.319. The van der Waals surface area contributed by atoms with E-state index in [0.717, 1.165) is 56.5 Å². The summed E-state index contributed by atoms with van der Waals surface area (Å²) < 4.78 is 11.8. The number of imidazole rings is 1. The van der Waals surface area contributed by atoms with Crippen LogP contribution in [0.15, 0.2) is 42.0 Å². The summed E-state index contributed by atoms with van der Waals surface area (Å²) in [6.07, 6.45) is 6.54. The fourth-order valence-corrected chi connectivity index (χ4v) is 4.57. The number of anilines is 1. The first kappa shape index (κ1) is 25.0. The van der Waals surface area contributed by atoms with Gasteiger partial charge in [0, 0.05) is 42.1 Å². The topological polar surface area (TPSA) is 139 Å². The van der Waals surface area contributed by atoms with E-state index in [9.17, 15) is 9.90 Å². The van der Waals surface area contributed by atoms with Gasteiger partial charge in [0.05, 0.1) is 42.1 Å². The summed E-state index contributed by atoms with van der Waals surface area (Å²) >= 11 is 5.80. The largest absolute Gasteiger partial charge is 0.515 e. The molecule has 1 amide bonds. The first-order valence-electron chi connectivity index (χ1n) is 11.5. The lowest BCUT2D eigenvalue weighted by molar-refractivity contribution is -0.0451. The molecule has 2 aliphatic rings. The van der Waals surface area contributed by atoms with Gasteiger partial charge in [0.25, 0.3) is 5.91 Å². The highest BCUT2D eigenvalue weighted by atomic mass is 35.5. The van der Waals surface area contributed by atoms with Crippen LogP contribution in [0.1, 0.15) is 41.0 Å². The molecule has 0 saturated carbocycles. The number of halogens is 1. The number of nitrogens with zero attached hydrogens (tertiary/aromatic N) is 3. The first-order chi connectivity index (χ1) is 16.8. The number of likely N-dealkylation sites (tertiary alicyclic amines) is 1. The van der Waals surface area contributed by atoms with Crippen molar-refractivity contribution in [3.63, 3.8) is 0 Å². The van der Waals surface area contributed by atoms with Crippen LogP contribution in [0.4, 0.5) is 5.82 Å². The molecule has 2 aromatic heterocycles. The number of hydrogen-bond acceptors (Lipinski definition) is 8. The molecule has 2 saturated heterocycles. The number of carbonyl (C=O) groups excluding carboxylic acids is 1. The fourth-order valence-electron chi connectivity index (χ4n) is 4.47. The van der Waals surface area contributed by atoms with E-state index in [1.807, 2.05) is 6.92 Å². The molecule has 5 N–H and O–H groups in total. The van der Waals surface area contributed by atoms with Gasteiger partial charge in [-0.3, -0.25) is 9.69 Å². The Balaban J connectivity index is 1.30. The van der Waals surface area contributed by atoms with Crippen LogP contribution >= 0.6 is 11.6 Å². The molecule has 0 aliphatic carbocycles. The molecule has 1 spiro atoms. The van der Waals surface area contributed by atoms with E-state index < -0.39 is 0 Å². The van der Waals surface area contributed by atoms with E-state index >= 15 is 0 Å². The summed E-state index contributed by atoms with van der Waals surface area (Å²) in [5, 5.41) is 12.4. The summed E-state index contributed by atoms with van der Waals surface area (Å²) in [6.45, 7) is 8.67. The third kappa shape index (κ3) is 5.95. The van der Waals surface area contributed by atoms with Crippen LogP contribution in [-0.4, -0.2) is 68.8 Å². The number of piperidine rings is 1. The highest BCUT2D eigenvalue weighted by Crippen LogP contribution is 2.36. The van der Waals surface area contributed by atoms with Gasteiger partial charge in [-0.2, -0.15) is 0 Å². The maximum Gasteiger partial charge on any atom is 0.253 e. The molecule has 0 bridgehead atoms. The van der Waals surface area contributed by atoms with E-state index in [4.69, 9.17) is 26.8 Å². The number of ether oxygens (including phenoxy) is 2. The number of rotatable bonds is 8. The van der Waals surface area contributed by atoms with Crippen molar-refractivity contribution in [1.82, 2.24) is 25.2 Å². The third-order valence-corrected chi connectivity index (χ3v) is 6.89. The van der Waals surface area contributed by atoms with Crippen molar-refractivity contribution in [3.8, 4) is 5.75 Å². The minimum Gasteiger partial charge on any atom is -0.515 e. The van der Waals surface area contributed by atoms with Crippen molar-refractivity contribution in [2.24, 2.45) is 0 Å². The van der Waals surface area contributed by atoms with Gasteiger partial charge in [0.1, 0.15) is 6.61 Å². The number of nitrogen functional groups attached to an aromatic ring is 1. The zero-order chi connectivity index (χ0) is 25.0. The van der Waals surface area contributed by atoms with Crippen LogP contribution in [-0.2, 0) is 11.3 Å². The average molecular weight is 503 g/mol. The molecule has 10 nitrogen and oxygen atoms in total. The number of aliphatic hydroxyl groups excluding tert-OH is 1. The van der Waals surface area contributed by atoms with Gasteiger partial charge in [-0.05, 0) is 32.3 Å². The van der Waals surface area contributed by atoms with Gasteiger partial charge in [0.15, 0.2) is 11.6 Å². The number of amides is 1. The number of nitrogens with one attached hydrogen (secondary N) is 2. The Hall–Kier alpha value is -3.08. The number of pyridine rings is 1. The lowest BCUT2D eigenvalue weighted by Gasteiger charge is -2.38. The zero-order valence-corrected chi connectivity index (χ0v) is 20.5. The fraction of sp³-hybridized carbons (Fsp3) is 0.458. The number of aromatic amines is 1. The maximum absolute atomic E-state index is 12.9. The van der Waals surface area contributed by atoms with Gasteiger partial charge >= 0.3 is 0 Å². The minimum absolute atomic E-state index is 0.0640. The molecule has 188 valence electrons. The summed E-state index contributed by atoms with van der Waals surface area (Å²) in [7, 11) is 0. The number of hydrogen-bond donors (Lipinski definition) is 4. The molecule has 4 heterocycles. The molecule has 2 fully saturated rings.